The summed E-state index contributed by atoms with van der Waals surface area (Å²) in [7, 11) is 0. The summed E-state index contributed by atoms with van der Waals surface area (Å²) in [6, 6.07) is 6.22. The Kier molecular flexibility index (Phi) is 3.61. The zero-order chi connectivity index (χ0) is 15.8. The number of nitrogens with zero attached hydrogens (tertiary/aromatic N) is 3. The smallest absolute Gasteiger partial charge is 0.274 e. The van der Waals surface area contributed by atoms with Gasteiger partial charge >= 0.3 is 0 Å². The molecule has 2 atom stereocenters. The van der Waals surface area contributed by atoms with Crippen LogP contribution in [0.4, 0.5) is 0 Å². The number of nitrogens with one attached hydrogen (secondary N) is 1. The summed E-state index contributed by atoms with van der Waals surface area (Å²) in [6.07, 6.45) is 7.35. The van der Waals surface area contributed by atoms with Gasteiger partial charge in [-0.25, -0.2) is 0 Å². The van der Waals surface area contributed by atoms with Crippen LogP contribution in [0.15, 0.2) is 24.4 Å². The van der Waals surface area contributed by atoms with Gasteiger partial charge in [-0.15, -0.1) is 0 Å². The molecule has 2 fully saturated rings. The van der Waals surface area contributed by atoms with Crippen LogP contribution in [-0.4, -0.2) is 43.2 Å². The summed E-state index contributed by atoms with van der Waals surface area (Å²) in [6.45, 7) is -0.106. The highest BCUT2D eigenvalue weighted by Crippen LogP contribution is 2.36. The van der Waals surface area contributed by atoms with E-state index in [-0.39, 0.29) is 12.5 Å². The van der Waals surface area contributed by atoms with Crippen LogP contribution in [0, 0.1) is 0 Å². The number of hydrogen-bond acceptors (Lipinski definition) is 4. The average molecular weight is 312 g/mol. The number of hydrogen-bond donors (Lipinski definition) is 2. The van der Waals surface area contributed by atoms with Crippen molar-refractivity contribution < 1.29 is 9.90 Å². The fourth-order valence-electron chi connectivity index (χ4n) is 3.89. The van der Waals surface area contributed by atoms with Crippen molar-refractivity contribution in [1.29, 1.82) is 0 Å². The number of amides is 1. The minimum Gasteiger partial charge on any atom is -0.390 e. The van der Waals surface area contributed by atoms with Gasteiger partial charge in [0.05, 0.1) is 18.0 Å². The minimum absolute atomic E-state index is 0.0381. The SMILES string of the molecule is O=C(c1cc(-c2ccnc(CO)c2)[nH]n1)N1[C@@H]2CCC[C@H]1CC2. The quantitative estimate of drug-likeness (QED) is 0.909. The maximum Gasteiger partial charge on any atom is 0.274 e. The Labute approximate surface area is 134 Å². The zero-order valence-electron chi connectivity index (χ0n) is 12.9. The number of aliphatic hydroxyl groups is 1. The third-order valence-corrected chi connectivity index (χ3v) is 5.02. The highest BCUT2D eigenvalue weighted by atomic mass is 16.3. The standard InChI is InChI=1S/C17H20N4O2/c22-10-12-8-11(6-7-18-12)15-9-16(20-19-15)17(23)21-13-2-1-3-14(21)5-4-13/h6-9,13-14,22H,1-5,10H2,(H,19,20)/t13-,14+. The first kappa shape index (κ1) is 14.4. The van der Waals surface area contributed by atoms with Crippen LogP contribution in [0.3, 0.4) is 0 Å². The van der Waals surface area contributed by atoms with Crippen LogP contribution < -0.4 is 0 Å². The molecule has 2 N–H and O–H groups in total. The van der Waals surface area contributed by atoms with Crippen LogP contribution in [-0.2, 0) is 6.61 Å². The molecule has 2 bridgehead atoms. The number of pyridine rings is 1. The predicted molar refractivity (Wildman–Crippen MR) is 84.6 cm³/mol. The van der Waals surface area contributed by atoms with Crippen LogP contribution in [0.5, 0.6) is 0 Å². The van der Waals surface area contributed by atoms with Gasteiger partial charge in [-0.1, -0.05) is 0 Å². The molecule has 0 aromatic carbocycles. The van der Waals surface area contributed by atoms with E-state index >= 15 is 0 Å². The summed E-state index contributed by atoms with van der Waals surface area (Å²) in [5.74, 6) is 0.0381. The van der Waals surface area contributed by atoms with Crippen LogP contribution >= 0.6 is 0 Å². The van der Waals surface area contributed by atoms with Gasteiger partial charge in [0, 0.05) is 23.8 Å². The number of piperidine rings is 1. The Morgan fingerprint density at radius 1 is 1.26 bits per heavy atom. The van der Waals surface area contributed by atoms with Crippen LogP contribution in [0.1, 0.15) is 48.3 Å². The van der Waals surface area contributed by atoms with E-state index in [0.717, 1.165) is 36.9 Å². The van der Waals surface area contributed by atoms with Gasteiger partial charge < -0.3 is 10.0 Å². The van der Waals surface area contributed by atoms with E-state index in [2.05, 4.69) is 20.1 Å². The summed E-state index contributed by atoms with van der Waals surface area (Å²) < 4.78 is 0. The van der Waals surface area contributed by atoms with E-state index in [0.29, 0.717) is 23.5 Å². The van der Waals surface area contributed by atoms with Gasteiger partial charge in [-0.2, -0.15) is 5.10 Å². The highest BCUT2D eigenvalue weighted by molar-refractivity contribution is 5.94. The third-order valence-electron chi connectivity index (χ3n) is 5.02. The predicted octanol–water partition coefficient (Wildman–Crippen LogP) is 2.12. The minimum atomic E-state index is -0.106. The maximum absolute atomic E-state index is 12.8. The molecule has 2 aliphatic rings. The normalized spacial score (nSPS) is 23.3. The topological polar surface area (TPSA) is 82.1 Å². The fourth-order valence-corrected chi connectivity index (χ4v) is 3.89. The highest BCUT2D eigenvalue weighted by Gasteiger charge is 2.40. The lowest BCUT2D eigenvalue weighted by atomic mass is 10.0. The van der Waals surface area contributed by atoms with Crippen molar-refractivity contribution in [2.45, 2.75) is 50.8 Å². The lowest BCUT2D eigenvalue weighted by Gasteiger charge is -2.34. The first-order valence-electron chi connectivity index (χ1n) is 8.20. The Morgan fingerprint density at radius 3 is 2.78 bits per heavy atom. The number of H-pyrrole nitrogens is 1. The van der Waals surface area contributed by atoms with E-state index in [1.165, 1.54) is 6.42 Å². The summed E-state index contributed by atoms with van der Waals surface area (Å²) in [5.41, 5.74) is 2.72. The lowest BCUT2D eigenvalue weighted by Crippen LogP contribution is -2.44. The lowest BCUT2D eigenvalue weighted by molar-refractivity contribution is 0.0589. The first-order chi connectivity index (χ1) is 11.3. The van der Waals surface area contributed by atoms with Gasteiger partial charge in [0.1, 0.15) is 0 Å². The Hall–Kier alpha value is -2.21. The largest absolute Gasteiger partial charge is 0.390 e. The molecule has 2 aromatic heterocycles. The van der Waals surface area contributed by atoms with E-state index in [1.807, 2.05) is 6.07 Å². The molecular formula is C17H20N4O2. The van der Waals surface area contributed by atoms with Crippen molar-refractivity contribution in [2.75, 3.05) is 0 Å². The van der Waals surface area contributed by atoms with Crippen molar-refractivity contribution >= 4 is 5.91 Å². The molecule has 0 saturated carbocycles. The second kappa shape index (κ2) is 5.77. The van der Waals surface area contributed by atoms with E-state index < -0.39 is 0 Å². The Bertz CT molecular complexity index is 711. The summed E-state index contributed by atoms with van der Waals surface area (Å²) in [5, 5.41) is 16.3. The molecule has 120 valence electrons. The van der Waals surface area contributed by atoms with Gasteiger partial charge in [0.2, 0.25) is 0 Å². The molecule has 2 aromatic rings. The number of aromatic amines is 1. The van der Waals surface area contributed by atoms with Crippen molar-refractivity contribution in [2.24, 2.45) is 0 Å². The molecule has 0 unspecified atom stereocenters. The number of carbonyl (C=O) groups excluding carboxylic acids is 1. The first-order valence-corrected chi connectivity index (χ1v) is 8.20. The average Bonchev–Trinajstić information content (AvgIpc) is 3.17. The molecule has 0 radical (unpaired) electrons. The molecule has 6 nitrogen and oxygen atoms in total. The number of aliphatic hydroxyl groups excluding tert-OH is 1. The van der Waals surface area contributed by atoms with E-state index in [9.17, 15) is 9.90 Å². The van der Waals surface area contributed by atoms with Gasteiger partial charge in [0.15, 0.2) is 5.69 Å². The Morgan fingerprint density at radius 2 is 2.04 bits per heavy atom. The number of fused-ring (bicyclic) bond motifs is 2. The summed E-state index contributed by atoms with van der Waals surface area (Å²) in [4.78, 5) is 18.9. The van der Waals surface area contributed by atoms with Gasteiger partial charge in [-0.05, 0) is 50.3 Å². The number of rotatable bonds is 3. The van der Waals surface area contributed by atoms with Gasteiger partial charge in [-0.3, -0.25) is 14.9 Å². The van der Waals surface area contributed by atoms with E-state index in [1.54, 1.807) is 18.3 Å². The molecular weight excluding hydrogens is 292 g/mol. The molecule has 0 aliphatic carbocycles. The molecule has 6 heteroatoms. The summed E-state index contributed by atoms with van der Waals surface area (Å²) >= 11 is 0. The number of carbonyl (C=O) groups is 1. The van der Waals surface area contributed by atoms with Crippen molar-refractivity contribution in [1.82, 2.24) is 20.1 Å². The molecule has 0 spiro atoms. The molecule has 4 heterocycles. The maximum atomic E-state index is 12.8. The third kappa shape index (κ3) is 2.53. The monoisotopic (exact) mass is 312 g/mol. The molecule has 2 aliphatic heterocycles. The van der Waals surface area contributed by atoms with Crippen molar-refractivity contribution in [3.63, 3.8) is 0 Å². The number of aromatic nitrogens is 3. The van der Waals surface area contributed by atoms with Gasteiger partial charge in [0.25, 0.3) is 5.91 Å². The molecule has 1 amide bonds. The molecule has 4 rings (SSSR count). The second-order valence-corrected chi connectivity index (χ2v) is 6.39. The second-order valence-electron chi connectivity index (χ2n) is 6.39. The molecule has 23 heavy (non-hydrogen) atoms. The zero-order valence-corrected chi connectivity index (χ0v) is 12.9. The molecule has 2 saturated heterocycles. The van der Waals surface area contributed by atoms with Crippen LogP contribution in [0.2, 0.25) is 0 Å². The van der Waals surface area contributed by atoms with Crippen LogP contribution in [0.25, 0.3) is 11.3 Å². The fraction of sp³-hybridized carbons (Fsp3) is 0.471. The van der Waals surface area contributed by atoms with E-state index in [4.69, 9.17) is 0 Å². The van der Waals surface area contributed by atoms with Crippen molar-refractivity contribution in [3.8, 4) is 11.3 Å². The van der Waals surface area contributed by atoms with Crippen molar-refractivity contribution in [3.05, 3.63) is 35.8 Å². The Balaban J connectivity index is 1.59.